The minimum absolute atomic E-state index is 0.0645. The van der Waals surface area contributed by atoms with Crippen LogP contribution in [0.5, 0.6) is 11.8 Å². The van der Waals surface area contributed by atoms with Gasteiger partial charge in [-0.15, -0.1) is 0 Å². The number of ether oxygens (including phenoxy) is 3. The molecule has 2 aliphatic carbocycles. The lowest BCUT2D eigenvalue weighted by Crippen LogP contribution is -2.62. The van der Waals surface area contributed by atoms with Crippen molar-refractivity contribution in [3.05, 3.63) is 47.9 Å². The molecule has 2 atom stereocenters. The molecule has 5 heterocycles. The summed E-state index contributed by atoms with van der Waals surface area (Å²) in [5.41, 5.74) is 4.04. The smallest absolute Gasteiger partial charge is 0.422 e. The van der Waals surface area contributed by atoms with Crippen LogP contribution in [0.3, 0.4) is 0 Å². The van der Waals surface area contributed by atoms with E-state index in [1.165, 1.54) is 4.90 Å². The van der Waals surface area contributed by atoms with E-state index in [0.29, 0.717) is 49.6 Å². The van der Waals surface area contributed by atoms with Gasteiger partial charge in [0.25, 0.3) is 5.91 Å². The number of hydrogen-bond acceptors (Lipinski definition) is 9. The van der Waals surface area contributed by atoms with Crippen LogP contribution >= 0.6 is 0 Å². The number of carbonyl (C=O) groups is 1. The Morgan fingerprint density at radius 3 is 2.49 bits per heavy atom. The first-order valence-corrected chi connectivity index (χ1v) is 19.2. The van der Waals surface area contributed by atoms with Crippen LogP contribution in [0.4, 0.5) is 23.4 Å². The average Bonchev–Trinajstić information content (AvgIpc) is 3.89. The highest BCUT2D eigenvalue weighted by molar-refractivity contribution is 6.06. The molecule has 292 valence electrons. The highest BCUT2D eigenvalue weighted by atomic mass is 19.4. The molecule has 2 aromatic carbocycles. The topological polar surface area (TPSA) is 109 Å². The van der Waals surface area contributed by atoms with Gasteiger partial charge in [-0.2, -0.15) is 28.2 Å². The van der Waals surface area contributed by atoms with E-state index in [4.69, 9.17) is 24.2 Å². The summed E-state index contributed by atoms with van der Waals surface area (Å²) in [6.07, 6.45) is 1.27. The van der Waals surface area contributed by atoms with E-state index < -0.39 is 24.5 Å². The van der Waals surface area contributed by atoms with E-state index in [9.17, 15) is 22.4 Å². The molecule has 5 aliphatic rings. The Kier molecular flexibility index (Phi) is 8.95. The zero-order chi connectivity index (χ0) is 38.2. The quantitative estimate of drug-likeness (QED) is 0.134. The summed E-state index contributed by atoms with van der Waals surface area (Å²) < 4.78 is 73.9. The van der Waals surface area contributed by atoms with Gasteiger partial charge in [-0.3, -0.25) is 9.89 Å². The Balaban J connectivity index is 1.16. The van der Waals surface area contributed by atoms with E-state index >= 15 is 0 Å². The number of rotatable bonds is 11. The van der Waals surface area contributed by atoms with Crippen LogP contribution in [0.2, 0.25) is 0 Å². The third-order valence-corrected chi connectivity index (χ3v) is 12.5. The Morgan fingerprint density at radius 1 is 1.07 bits per heavy atom. The van der Waals surface area contributed by atoms with Gasteiger partial charge in [-0.1, -0.05) is 12.6 Å². The summed E-state index contributed by atoms with van der Waals surface area (Å²) in [6.45, 7) is 8.91. The maximum absolute atomic E-state index is 14.1. The minimum atomic E-state index is -4.60. The fourth-order valence-electron chi connectivity index (χ4n) is 9.49. The van der Waals surface area contributed by atoms with E-state index in [-0.39, 0.29) is 46.5 Å². The normalized spacial score (nSPS) is 23.6. The van der Waals surface area contributed by atoms with E-state index in [2.05, 4.69) is 32.6 Å². The first-order chi connectivity index (χ1) is 26.4. The number of fused-ring (bicyclic) bond motifs is 4. The van der Waals surface area contributed by atoms with Crippen LogP contribution in [0.25, 0.3) is 32.9 Å². The van der Waals surface area contributed by atoms with Crippen LogP contribution < -0.4 is 14.4 Å². The summed E-state index contributed by atoms with van der Waals surface area (Å²) in [6, 6.07) is 6.04. The molecule has 3 aliphatic heterocycles. The summed E-state index contributed by atoms with van der Waals surface area (Å²) in [4.78, 5) is 28.3. The van der Waals surface area contributed by atoms with Crippen LogP contribution in [0.1, 0.15) is 49.1 Å². The molecule has 3 saturated heterocycles. The number of aromatic nitrogens is 4. The number of halogens is 4. The van der Waals surface area contributed by atoms with Gasteiger partial charge >= 0.3 is 12.2 Å². The number of piperidine rings is 3. The molecule has 9 rings (SSSR count). The highest BCUT2D eigenvalue weighted by Gasteiger charge is 2.50. The van der Waals surface area contributed by atoms with Crippen molar-refractivity contribution in [1.82, 2.24) is 30.0 Å². The summed E-state index contributed by atoms with van der Waals surface area (Å²) in [5.74, 6) is -0.305. The van der Waals surface area contributed by atoms with Gasteiger partial charge < -0.3 is 28.9 Å². The lowest BCUT2D eigenvalue weighted by atomic mass is 9.68. The zero-order valence-electron chi connectivity index (χ0n) is 31.1. The second kappa shape index (κ2) is 13.6. The van der Waals surface area contributed by atoms with Crippen LogP contribution in [-0.2, 0) is 9.53 Å². The molecule has 0 radical (unpaired) electrons. The number of hydrogen-bond donors (Lipinski definition) is 1. The number of alkyl halides is 3. The van der Waals surface area contributed by atoms with Crippen molar-refractivity contribution in [3.8, 4) is 22.9 Å². The SMILES string of the molecule is C=C(F)C(=O)N1CC2(CCN(c3nc(OC4C5CC4CN(CCOC)C5)nc4c(OCC(F)(F)F)c(-c5c(C)ccc6[nH]ncc56)c(C5CC5)cc34)CC2)C1. The van der Waals surface area contributed by atoms with Gasteiger partial charge in [0.15, 0.2) is 18.2 Å². The lowest BCUT2D eigenvalue weighted by molar-refractivity contribution is -0.153. The van der Waals surface area contributed by atoms with Gasteiger partial charge in [0.05, 0.1) is 18.3 Å². The Hall–Kier alpha value is -4.50. The molecular weight excluding hydrogens is 718 g/mol. The average molecular weight is 764 g/mol. The van der Waals surface area contributed by atoms with Crippen molar-refractivity contribution in [3.63, 3.8) is 0 Å². The van der Waals surface area contributed by atoms with Gasteiger partial charge in [0.1, 0.15) is 17.4 Å². The second-order valence-electron chi connectivity index (χ2n) is 16.3. The first-order valence-electron chi connectivity index (χ1n) is 19.2. The third-order valence-electron chi connectivity index (χ3n) is 12.5. The number of likely N-dealkylation sites (tertiary alicyclic amines) is 2. The molecule has 11 nitrogen and oxygen atoms in total. The van der Waals surface area contributed by atoms with E-state index in [1.54, 1.807) is 13.3 Å². The van der Waals surface area contributed by atoms with Crippen molar-refractivity contribution < 1.29 is 36.6 Å². The monoisotopic (exact) mass is 763 g/mol. The number of nitrogens with one attached hydrogen (secondary N) is 1. The molecule has 1 amide bonds. The van der Waals surface area contributed by atoms with E-state index in [1.807, 2.05) is 19.1 Å². The summed E-state index contributed by atoms with van der Waals surface area (Å²) >= 11 is 0. The molecule has 5 fully saturated rings. The number of aryl methyl sites for hydroxylation is 1. The van der Waals surface area contributed by atoms with Gasteiger partial charge in [0, 0.05) is 86.5 Å². The first kappa shape index (κ1) is 36.2. The molecular formula is C40H45F4N7O4. The molecule has 1 N–H and O–H groups in total. The van der Waals surface area contributed by atoms with Crippen LogP contribution in [-0.4, -0.2) is 114 Å². The Morgan fingerprint density at radius 2 is 1.82 bits per heavy atom. The lowest BCUT2D eigenvalue weighted by Gasteiger charge is -2.54. The molecule has 2 aromatic heterocycles. The third kappa shape index (κ3) is 6.66. The number of methoxy groups -OCH3 is 1. The number of nitrogens with zero attached hydrogens (tertiary/aromatic N) is 6. The van der Waals surface area contributed by atoms with Crippen LogP contribution in [0.15, 0.2) is 36.8 Å². The largest absolute Gasteiger partial charge is 0.481 e. The van der Waals surface area contributed by atoms with Gasteiger partial charge in [0.2, 0.25) is 0 Å². The fraction of sp³-hybridized carbons (Fsp3) is 0.550. The van der Waals surface area contributed by atoms with Crippen molar-refractivity contribution in [2.45, 2.75) is 57.2 Å². The number of anilines is 1. The molecule has 15 heteroatoms. The van der Waals surface area contributed by atoms with Crippen molar-refractivity contribution in [1.29, 1.82) is 0 Å². The second-order valence-corrected chi connectivity index (χ2v) is 16.3. The minimum Gasteiger partial charge on any atom is -0.481 e. The van der Waals surface area contributed by atoms with Gasteiger partial charge in [-0.05, 0) is 73.8 Å². The Bertz CT molecular complexity index is 2140. The van der Waals surface area contributed by atoms with Crippen LogP contribution in [0, 0.1) is 24.2 Å². The predicted molar refractivity (Wildman–Crippen MR) is 198 cm³/mol. The molecule has 4 aromatic rings. The van der Waals surface area contributed by atoms with E-state index in [0.717, 1.165) is 79.3 Å². The number of carbonyl (C=O) groups excluding carboxylic acids is 1. The Labute approximate surface area is 316 Å². The van der Waals surface area contributed by atoms with Crippen molar-refractivity contribution in [2.24, 2.45) is 17.3 Å². The zero-order valence-corrected chi connectivity index (χ0v) is 31.1. The predicted octanol–water partition coefficient (Wildman–Crippen LogP) is 6.56. The van der Waals surface area contributed by atoms with Crippen molar-refractivity contribution in [2.75, 3.05) is 71.0 Å². The maximum Gasteiger partial charge on any atom is 0.422 e. The summed E-state index contributed by atoms with van der Waals surface area (Å²) in [7, 11) is 1.70. The molecule has 2 unspecified atom stereocenters. The molecule has 2 bridgehead atoms. The fourth-order valence-corrected chi connectivity index (χ4v) is 9.49. The number of benzene rings is 2. The summed E-state index contributed by atoms with van der Waals surface area (Å²) in [5, 5.41) is 8.69. The maximum atomic E-state index is 14.1. The number of H-pyrrole nitrogens is 1. The molecule has 1 spiro atoms. The highest BCUT2D eigenvalue weighted by Crippen LogP contribution is 2.54. The molecule has 55 heavy (non-hydrogen) atoms. The standard InChI is InChI=1S/C40H45F4N7O4/c1-22-4-7-30-29(16-45-48-30)31(22)32-27(24-5-6-24)15-28-33(35(32)54-21-40(42,43)44)46-38(55-34-25-14-26(34)18-49(17-25)12-13-53-3)47-36(28)50-10-8-39(9-11-50)19-51(20-39)37(52)23(2)41/h4,7,15-16,24-26,34H,2,5-6,8-14,17-21H2,1,3H3,(H,45,48). The van der Waals surface area contributed by atoms with Crippen molar-refractivity contribution >= 4 is 33.5 Å². The number of amides is 1. The van der Waals surface area contributed by atoms with Gasteiger partial charge in [-0.25, -0.2) is 4.39 Å². The molecule has 2 saturated carbocycles. The number of aromatic amines is 1.